The second-order valence-electron chi connectivity index (χ2n) is 5.08. The Balaban J connectivity index is 1.83. The highest BCUT2D eigenvalue weighted by molar-refractivity contribution is 7.13. The first-order chi connectivity index (χ1) is 10.7. The molecule has 3 aromatic rings. The topological polar surface area (TPSA) is 48.3 Å². The second kappa shape index (κ2) is 6.15. The number of hydrogen-bond donors (Lipinski definition) is 1. The maximum atomic E-state index is 5.30. The van der Waals surface area contributed by atoms with Crippen LogP contribution in [0.25, 0.3) is 11.3 Å². The summed E-state index contributed by atoms with van der Waals surface area (Å²) in [6, 6.07) is 12.1. The summed E-state index contributed by atoms with van der Waals surface area (Å²) in [5, 5.41) is 6.36. The van der Waals surface area contributed by atoms with Crippen LogP contribution in [0.3, 0.4) is 0 Å². The number of aryl methyl sites for hydroxylation is 2. The lowest BCUT2D eigenvalue weighted by molar-refractivity contribution is -0.340. The summed E-state index contributed by atoms with van der Waals surface area (Å²) < 4.78 is 5.30. The Kier molecular flexibility index (Phi) is 4.06. The van der Waals surface area contributed by atoms with Crippen LogP contribution in [0.1, 0.15) is 11.3 Å². The van der Waals surface area contributed by atoms with Gasteiger partial charge in [0.1, 0.15) is 11.4 Å². The van der Waals surface area contributed by atoms with Crippen molar-refractivity contribution in [3.05, 3.63) is 53.0 Å². The van der Waals surface area contributed by atoms with Crippen LogP contribution >= 0.6 is 11.3 Å². The molecule has 0 saturated carbocycles. The molecule has 0 aliphatic heterocycles. The van der Waals surface area contributed by atoms with Crippen LogP contribution in [0, 0.1) is 13.8 Å². The maximum Gasteiger partial charge on any atom is 0.338 e. The van der Waals surface area contributed by atoms with E-state index in [0.717, 1.165) is 39.2 Å². The predicted molar refractivity (Wildman–Crippen MR) is 89.9 cm³/mol. The molecular formula is C17H18N3OS+. The molecule has 4 nitrogen and oxygen atoms in total. The van der Waals surface area contributed by atoms with Crippen molar-refractivity contribution in [2.24, 2.45) is 0 Å². The molecule has 0 unspecified atom stereocenters. The number of pyridine rings is 1. The summed E-state index contributed by atoms with van der Waals surface area (Å²) >= 11 is 1.62. The number of methoxy groups -OCH3 is 1. The molecule has 5 heteroatoms. The summed E-state index contributed by atoms with van der Waals surface area (Å²) in [6.07, 6.45) is 0. The first kappa shape index (κ1) is 14.5. The molecule has 0 fully saturated rings. The fourth-order valence-electron chi connectivity index (χ4n) is 2.27. The number of H-pyrrole nitrogens is 1. The van der Waals surface area contributed by atoms with E-state index in [1.165, 1.54) is 0 Å². The van der Waals surface area contributed by atoms with Gasteiger partial charge in [-0.25, -0.2) is 15.3 Å². The van der Waals surface area contributed by atoms with Crippen molar-refractivity contribution in [1.82, 2.24) is 4.98 Å². The summed E-state index contributed by atoms with van der Waals surface area (Å²) in [6.45, 7) is 4.03. The van der Waals surface area contributed by atoms with E-state index < -0.39 is 0 Å². The van der Waals surface area contributed by atoms with E-state index in [1.54, 1.807) is 18.4 Å². The average Bonchev–Trinajstić information content (AvgIpc) is 2.95. The minimum Gasteiger partial charge on any atom is -0.496 e. The molecular weight excluding hydrogens is 294 g/mol. The van der Waals surface area contributed by atoms with Crippen LogP contribution in [0.2, 0.25) is 0 Å². The van der Waals surface area contributed by atoms with Gasteiger partial charge < -0.3 is 4.74 Å². The number of anilines is 2. The minimum atomic E-state index is 0.843. The normalized spacial score (nSPS) is 10.5. The summed E-state index contributed by atoms with van der Waals surface area (Å²) in [5.74, 6) is 1.75. The van der Waals surface area contributed by atoms with Crippen molar-refractivity contribution < 1.29 is 9.72 Å². The van der Waals surface area contributed by atoms with Gasteiger partial charge in [-0.2, -0.15) is 0 Å². The molecule has 0 radical (unpaired) electrons. The Bertz CT molecular complexity index is 798. The monoisotopic (exact) mass is 312 g/mol. The van der Waals surface area contributed by atoms with Crippen LogP contribution in [0.15, 0.2) is 41.8 Å². The first-order valence-electron chi connectivity index (χ1n) is 7.02. The van der Waals surface area contributed by atoms with Crippen molar-refractivity contribution in [3.8, 4) is 17.0 Å². The van der Waals surface area contributed by atoms with E-state index >= 15 is 0 Å². The molecule has 0 aliphatic carbocycles. The highest BCUT2D eigenvalue weighted by atomic mass is 32.1. The summed E-state index contributed by atoms with van der Waals surface area (Å²) in [5.41, 5.74) is 4.33. The average molecular weight is 312 g/mol. The van der Waals surface area contributed by atoms with Gasteiger partial charge in [-0.15, -0.1) is 0 Å². The lowest BCUT2D eigenvalue weighted by Crippen LogP contribution is -2.08. The molecule has 3 rings (SSSR count). The maximum absolute atomic E-state index is 5.30. The van der Waals surface area contributed by atoms with E-state index in [4.69, 9.17) is 4.74 Å². The molecule has 0 atom stereocenters. The molecule has 0 spiro atoms. The Morgan fingerprint density at radius 3 is 2.77 bits per heavy atom. The summed E-state index contributed by atoms with van der Waals surface area (Å²) in [7, 11) is 1.69. The number of nitrogens with one attached hydrogen (secondary N) is 2. The Morgan fingerprint density at radius 2 is 2.05 bits per heavy atom. The third-order valence-corrected chi connectivity index (χ3v) is 4.17. The zero-order chi connectivity index (χ0) is 15.5. The standard InChI is InChI=1S/C17H17N3OS/c1-11-9-13(7-8-15(11)21-3)14-10-22-17(19-14)20-16-6-4-5-12(2)18-16/h4-10H,1-3H3,(H,18,19,20)/p+1. The third-order valence-electron chi connectivity index (χ3n) is 3.38. The summed E-state index contributed by atoms with van der Waals surface area (Å²) in [4.78, 5) is 7.83. The van der Waals surface area contributed by atoms with Crippen molar-refractivity contribution in [2.75, 3.05) is 12.4 Å². The van der Waals surface area contributed by atoms with Crippen molar-refractivity contribution in [1.29, 1.82) is 0 Å². The lowest BCUT2D eigenvalue weighted by atomic mass is 10.1. The van der Waals surface area contributed by atoms with Gasteiger partial charge in [-0.3, -0.25) is 0 Å². The molecule has 2 aromatic heterocycles. The fourth-order valence-corrected chi connectivity index (χ4v) is 3.04. The van der Waals surface area contributed by atoms with Crippen LogP contribution in [-0.2, 0) is 0 Å². The first-order valence-corrected chi connectivity index (χ1v) is 7.90. The quantitative estimate of drug-likeness (QED) is 0.792. The van der Waals surface area contributed by atoms with Crippen molar-refractivity contribution >= 4 is 22.3 Å². The van der Waals surface area contributed by atoms with Gasteiger partial charge in [0.15, 0.2) is 0 Å². The van der Waals surface area contributed by atoms with Crippen LogP contribution in [-0.4, -0.2) is 12.1 Å². The largest absolute Gasteiger partial charge is 0.496 e. The van der Waals surface area contributed by atoms with E-state index in [0.29, 0.717) is 0 Å². The Labute approximate surface area is 133 Å². The van der Waals surface area contributed by atoms with Gasteiger partial charge >= 0.3 is 5.13 Å². The zero-order valence-corrected chi connectivity index (χ0v) is 13.6. The zero-order valence-electron chi connectivity index (χ0n) is 12.8. The molecule has 2 N–H and O–H groups in total. The Morgan fingerprint density at radius 1 is 1.18 bits per heavy atom. The number of hydrogen-bond acceptors (Lipinski definition) is 4. The van der Waals surface area contributed by atoms with E-state index in [-0.39, 0.29) is 0 Å². The number of nitrogens with zero attached hydrogens (tertiary/aromatic N) is 1. The van der Waals surface area contributed by atoms with E-state index in [1.807, 2.05) is 38.1 Å². The predicted octanol–water partition coefficient (Wildman–Crippen LogP) is 3.99. The number of rotatable bonds is 4. The molecule has 0 saturated heterocycles. The van der Waals surface area contributed by atoms with Gasteiger partial charge in [0.05, 0.1) is 7.11 Å². The fraction of sp³-hybridized carbons (Fsp3) is 0.176. The smallest absolute Gasteiger partial charge is 0.338 e. The van der Waals surface area contributed by atoms with Gasteiger partial charge in [0.25, 0.3) is 0 Å². The Hall–Kier alpha value is -2.40. The molecule has 22 heavy (non-hydrogen) atoms. The van der Waals surface area contributed by atoms with Crippen molar-refractivity contribution in [3.63, 3.8) is 0 Å². The van der Waals surface area contributed by atoms with E-state index in [2.05, 4.69) is 32.8 Å². The highest BCUT2D eigenvalue weighted by Crippen LogP contribution is 2.27. The molecule has 1 aromatic carbocycles. The number of benzene rings is 1. The second-order valence-corrected chi connectivity index (χ2v) is 5.96. The molecule has 0 amide bonds. The van der Waals surface area contributed by atoms with Gasteiger partial charge in [-0.1, -0.05) is 17.4 Å². The number of aromatic nitrogens is 2. The molecule has 0 aliphatic rings. The third kappa shape index (κ3) is 3.09. The number of aromatic amines is 1. The van der Waals surface area contributed by atoms with Crippen LogP contribution in [0.5, 0.6) is 5.75 Å². The minimum absolute atomic E-state index is 0.843. The number of ether oxygens (including phenoxy) is 1. The molecule has 2 heterocycles. The van der Waals surface area contributed by atoms with E-state index in [9.17, 15) is 0 Å². The highest BCUT2D eigenvalue weighted by Gasteiger charge is 2.12. The van der Waals surface area contributed by atoms with Gasteiger partial charge in [-0.05, 0) is 43.7 Å². The lowest BCUT2D eigenvalue weighted by Gasteiger charge is -2.04. The van der Waals surface area contributed by atoms with Crippen LogP contribution < -0.4 is 15.0 Å². The van der Waals surface area contributed by atoms with Gasteiger partial charge in [0.2, 0.25) is 5.82 Å². The number of thiazole rings is 1. The van der Waals surface area contributed by atoms with Gasteiger partial charge in [0, 0.05) is 22.7 Å². The van der Waals surface area contributed by atoms with Crippen LogP contribution in [0.4, 0.5) is 10.9 Å². The molecule has 112 valence electrons. The molecule has 0 bridgehead atoms. The van der Waals surface area contributed by atoms with Crippen molar-refractivity contribution in [2.45, 2.75) is 13.8 Å². The SMILES string of the molecule is COc1ccc(-c2csc(Nc3cccc(C)n3)[nH+]2)cc1C.